The van der Waals surface area contributed by atoms with Crippen molar-refractivity contribution in [2.45, 2.75) is 44.8 Å². The van der Waals surface area contributed by atoms with Gasteiger partial charge in [0.15, 0.2) is 12.6 Å². The lowest BCUT2D eigenvalue weighted by Gasteiger charge is -2.37. The summed E-state index contributed by atoms with van der Waals surface area (Å²) >= 11 is 0. The number of aromatic hydroxyl groups is 2. The fourth-order valence-electron chi connectivity index (χ4n) is 4.22. The van der Waals surface area contributed by atoms with E-state index in [-0.39, 0.29) is 22.5 Å². The summed E-state index contributed by atoms with van der Waals surface area (Å²) in [5.74, 6) is -4.07. The van der Waals surface area contributed by atoms with Crippen molar-refractivity contribution in [1.82, 2.24) is 20.6 Å². The van der Waals surface area contributed by atoms with Gasteiger partial charge in [-0.1, -0.05) is 0 Å². The van der Waals surface area contributed by atoms with E-state index in [1.165, 1.54) is 13.8 Å². The van der Waals surface area contributed by atoms with Crippen LogP contribution in [0.5, 0.6) is 11.5 Å². The average molecular weight is 670 g/mol. The molecule has 0 saturated heterocycles. The second-order valence-electron chi connectivity index (χ2n) is 9.53. The number of pyridine rings is 2. The molecule has 2 rings (SSSR count). The number of aromatic nitrogens is 2. The molecule has 2 aromatic rings. The fourth-order valence-corrected chi connectivity index (χ4v) is 4.96. The number of nitrogens with zero attached hydrogens (tertiary/aromatic N) is 2. The third kappa shape index (κ3) is 10.8. The highest BCUT2D eigenvalue weighted by atomic mass is 31.2. The number of aryl methyl sites for hydroxylation is 2. The molecular formula is C22H32N4O16P2. The minimum atomic E-state index is -5.32. The van der Waals surface area contributed by atoms with Gasteiger partial charge in [-0.05, 0) is 26.7 Å². The summed E-state index contributed by atoms with van der Waals surface area (Å²) in [7, 11) is -10.6. The Morgan fingerprint density at radius 3 is 1.55 bits per heavy atom. The molecule has 22 heteroatoms. The fraction of sp³-hybridized carbons (Fsp3) is 0.455. The minimum Gasteiger partial charge on any atom is -0.506 e. The van der Waals surface area contributed by atoms with Gasteiger partial charge < -0.3 is 55.5 Å². The predicted molar refractivity (Wildman–Crippen MR) is 144 cm³/mol. The number of carbonyl (C=O) groups is 2. The number of aliphatic hydroxyl groups is 2. The van der Waals surface area contributed by atoms with Crippen molar-refractivity contribution in [2.24, 2.45) is 0 Å². The van der Waals surface area contributed by atoms with Gasteiger partial charge in [-0.2, -0.15) is 0 Å². The van der Waals surface area contributed by atoms with Gasteiger partial charge in [0.05, 0.1) is 24.5 Å². The zero-order valence-electron chi connectivity index (χ0n) is 23.1. The zero-order valence-corrected chi connectivity index (χ0v) is 24.8. The molecule has 2 unspecified atom stereocenters. The lowest BCUT2D eigenvalue weighted by atomic mass is 9.81. The minimum absolute atomic E-state index is 0.0634. The van der Waals surface area contributed by atoms with E-state index in [1.54, 1.807) is 0 Å². The second-order valence-corrected chi connectivity index (χ2v) is 11.9. The van der Waals surface area contributed by atoms with E-state index in [9.17, 15) is 68.9 Å². The predicted octanol–water partition coefficient (Wildman–Crippen LogP) is -1.42. The highest BCUT2D eigenvalue weighted by Crippen LogP contribution is 2.45. The van der Waals surface area contributed by atoms with Crippen LogP contribution in [0.1, 0.15) is 46.2 Å². The normalized spacial score (nSPS) is 15.0. The summed E-state index contributed by atoms with van der Waals surface area (Å²) in [6.45, 7) is 0.586. The van der Waals surface area contributed by atoms with Crippen molar-refractivity contribution in [3.05, 3.63) is 46.0 Å². The maximum Gasteiger partial charge on any atom is 0.472 e. The molecule has 0 aliphatic rings. The van der Waals surface area contributed by atoms with Crippen LogP contribution in [-0.2, 0) is 40.6 Å². The van der Waals surface area contributed by atoms with Crippen molar-refractivity contribution >= 4 is 27.6 Å². The van der Waals surface area contributed by atoms with Crippen LogP contribution in [0.25, 0.3) is 0 Å². The number of nitrogens with one attached hydrogen (secondary N) is 2. The van der Waals surface area contributed by atoms with E-state index >= 15 is 0 Å². The molecule has 0 aromatic carbocycles. The summed E-state index contributed by atoms with van der Waals surface area (Å²) in [5.41, 5.74) is -3.58. The van der Waals surface area contributed by atoms with E-state index in [4.69, 9.17) is 0 Å². The molecule has 0 spiro atoms. The number of hydrogen-bond acceptors (Lipinski definition) is 14. The maximum absolute atomic E-state index is 11.6. The van der Waals surface area contributed by atoms with Gasteiger partial charge in [0.25, 0.3) is 0 Å². The van der Waals surface area contributed by atoms with Gasteiger partial charge in [-0.25, -0.2) is 9.13 Å². The van der Waals surface area contributed by atoms with Crippen LogP contribution in [0.3, 0.4) is 0 Å². The van der Waals surface area contributed by atoms with Crippen LogP contribution in [0.15, 0.2) is 12.4 Å². The topological polar surface area (TPSA) is 339 Å². The highest BCUT2D eigenvalue weighted by Gasteiger charge is 2.38. The number of carboxylic acids is 2. The first-order chi connectivity index (χ1) is 20.1. The SMILES string of the molecule is Cc1ncc(C(O)OP(=O)(O)O)c(CC(CNCC(=O)O)(Cc2c(C(O)OP(=O)(O)O)cnc(C)c2O)NCC(=O)O)c1O. The van der Waals surface area contributed by atoms with E-state index in [0.717, 1.165) is 12.4 Å². The molecular weight excluding hydrogens is 638 g/mol. The molecule has 0 bridgehead atoms. The van der Waals surface area contributed by atoms with Crippen LogP contribution >= 0.6 is 15.6 Å². The number of carboxylic acid groups (broad SMARTS) is 2. The smallest absolute Gasteiger partial charge is 0.472 e. The zero-order chi connectivity index (χ0) is 33.6. The van der Waals surface area contributed by atoms with Gasteiger partial charge in [-0.15, -0.1) is 0 Å². The second kappa shape index (κ2) is 14.8. The summed E-state index contributed by atoms with van der Waals surface area (Å²) in [5, 5.41) is 66.7. The molecule has 12 N–H and O–H groups in total. The summed E-state index contributed by atoms with van der Waals surface area (Å²) in [4.78, 5) is 67.4. The Kier molecular flexibility index (Phi) is 12.5. The number of phosphoric acid groups is 2. The van der Waals surface area contributed by atoms with Crippen molar-refractivity contribution in [2.75, 3.05) is 19.6 Å². The van der Waals surface area contributed by atoms with Crippen LogP contribution in [0.2, 0.25) is 0 Å². The third-order valence-corrected chi connectivity index (χ3v) is 7.09. The lowest BCUT2D eigenvalue weighted by molar-refractivity contribution is -0.137. The maximum atomic E-state index is 11.6. The summed E-state index contributed by atoms with van der Waals surface area (Å²) in [6, 6.07) is 0. The molecule has 246 valence electrons. The van der Waals surface area contributed by atoms with Crippen LogP contribution in [-0.4, -0.2) is 97.3 Å². The molecule has 2 heterocycles. The van der Waals surface area contributed by atoms with E-state index in [1.807, 2.05) is 0 Å². The van der Waals surface area contributed by atoms with Crippen LogP contribution < -0.4 is 10.6 Å². The Morgan fingerprint density at radius 1 is 0.818 bits per heavy atom. The van der Waals surface area contributed by atoms with Gasteiger partial charge >= 0.3 is 27.6 Å². The molecule has 0 aliphatic heterocycles. The van der Waals surface area contributed by atoms with E-state index < -0.39 is 101 Å². The Balaban J connectivity index is 2.85. The van der Waals surface area contributed by atoms with Gasteiger partial charge in [-0.3, -0.25) is 33.9 Å². The highest BCUT2D eigenvalue weighted by molar-refractivity contribution is 7.46. The first kappa shape index (κ1) is 37.1. The van der Waals surface area contributed by atoms with E-state index in [2.05, 4.69) is 29.6 Å². The molecule has 0 aliphatic carbocycles. The molecule has 20 nitrogen and oxygen atoms in total. The standard InChI is InChI=1S/C22H32N4O16P2/c1-10-18(31)12(14(5-24-10)20(33)41-43(35,36)37)3-22(26-8-17(29)30,9-23-7-16(27)28)4-13-15(6-25-11(2)19(13)32)21(34)42-44(38,39)40/h5-6,20-21,23,26,31-34H,3-4,7-9H2,1-2H3,(H,27,28)(H,29,30)(H2,35,36,37)(H2,38,39,40). The van der Waals surface area contributed by atoms with Crippen molar-refractivity contribution in [3.63, 3.8) is 0 Å². The number of phosphoric ester groups is 2. The van der Waals surface area contributed by atoms with Crippen molar-refractivity contribution in [1.29, 1.82) is 0 Å². The molecule has 0 fully saturated rings. The number of aliphatic hydroxyl groups excluding tert-OH is 2. The van der Waals surface area contributed by atoms with Crippen molar-refractivity contribution in [3.8, 4) is 11.5 Å². The summed E-state index contributed by atoms with van der Waals surface area (Å²) < 4.78 is 31.5. The average Bonchev–Trinajstić information content (AvgIpc) is 2.86. The molecule has 44 heavy (non-hydrogen) atoms. The molecule has 2 aromatic heterocycles. The van der Waals surface area contributed by atoms with Crippen LogP contribution in [0, 0.1) is 13.8 Å². The lowest BCUT2D eigenvalue weighted by Crippen LogP contribution is -2.58. The number of rotatable bonds is 17. The largest absolute Gasteiger partial charge is 0.506 e. The molecule has 0 saturated carbocycles. The van der Waals surface area contributed by atoms with Gasteiger partial charge in [0.2, 0.25) is 0 Å². The molecule has 2 atom stereocenters. The van der Waals surface area contributed by atoms with Crippen molar-refractivity contribution < 1.29 is 78.0 Å². The Labute approximate surface area is 248 Å². The number of aliphatic carboxylic acids is 2. The third-order valence-electron chi connectivity index (χ3n) is 6.14. The van der Waals surface area contributed by atoms with Gasteiger partial charge in [0.1, 0.15) is 11.5 Å². The first-order valence-corrected chi connectivity index (χ1v) is 15.3. The monoisotopic (exact) mass is 670 g/mol. The van der Waals surface area contributed by atoms with Crippen LogP contribution in [0.4, 0.5) is 0 Å². The number of hydrogen-bond donors (Lipinski definition) is 12. The molecule has 0 radical (unpaired) electrons. The summed E-state index contributed by atoms with van der Waals surface area (Å²) in [6.07, 6.45) is -4.19. The Hall–Kier alpha value is -3.10. The molecule has 0 amide bonds. The first-order valence-electron chi connectivity index (χ1n) is 12.2. The Morgan fingerprint density at radius 2 is 1.20 bits per heavy atom. The van der Waals surface area contributed by atoms with Gasteiger partial charge in [0, 0.05) is 46.7 Å². The quantitative estimate of drug-likeness (QED) is 0.0678. The Bertz CT molecular complexity index is 1370. The van der Waals surface area contributed by atoms with E-state index in [0.29, 0.717) is 0 Å².